The van der Waals surface area contributed by atoms with E-state index in [1.54, 1.807) is 12.1 Å². The van der Waals surface area contributed by atoms with Crippen LogP contribution in [0.4, 0.5) is 0 Å². The van der Waals surface area contributed by atoms with Crippen LogP contribution in [0.2, 0.25) is 0 Å². The normalized spacial score (nSPS) is 11.1. The summed E-state index contributed by atoms with van der Waals surface area (Å²) in [4.78, 5) is 11.6. The molecule has 0 atom stereocenters. The van der Waals surface area contributed by atoms with Crippen LogP contribution in [0.5, 0.6) is 0 Å². The molecule has 0 N–H and O–H groups in total. The zero-order chi connectivity index (χ0) is 14.8. The molecular weight excluding hydrogens is 344 g/mol. The maximum Gasteiger partial charge on any atom is 0.337 e. The van der Waals surface area contributed by atoms with Gasteiger partial charge in [0, 0.05) is 4.47 Å². The van der Waals surface area contributed by atoms with Crippen molar-refractivity contribution in [3.8, 4) is 0 Å². The molecule has 0 aromatic heterocycles. The minimum absolute atomic E-state index is 0.132. The highest BCUT2D eigenvalue weighted by atomic mass is 79.9. The maximum atomic E-state index is 12.4. The second-order valence-corrected chi connectivity index (χ2v) is 6.84. The maximum absolute atomic E-state index is 12.4. The number of rotatable bonds is 3. The fourth-order valence-corrected chi connectivity index (χ4v) is 3.16. The zero-order valence-corrected chi connectivity index (χ0v) is 12.9. The van der Waals surface area contributed by atoms with E-state index in [-0.39, 0.29) is 9.79 Å². The van der Waals surface area contributed by atoms with Gasteiger partial charge in [-0.25, -0.2) is 13.2 Å². The van der Waals surface area contributed by atoms with Crippen LogP contribution in [-0.2, 0) is 14.6 Å². The zero-order valence-electron chi connectivity index (χ0n) is 10.5. The Morgan fingerprint density at radius 3 is 1.85 bits per heavy atom. The SMILES string of the molecule is COC(=O)c1ccc(S(=O)(=O)c2ccc(Br)cc2)cc1. The molecular formula is C14H11BrO4S. The third-order valence-corrected chi connectivity index (χ3v) is 5.02. The lowest BCUT2D eigenvalue weighted by molar-refractivity contribution is 0.0600. The first-order chi connectivity index (χ1) is 9.45. The van der Waals surface area contributed by atoms with E-state index >= 15 is 0 Å². The van der Waals surface area contributed by atoms with Gasteiger partial charge in [0.15, 0.2) is 0 Å². The molecule has 0 aliphatic heterocycles. The van der Waals surface area contributed by atoms with Crippen molar-refractivity contribution in [1.82, 2.24) is 0 Å². The molecule has 2 rings (SSSR count). The van der Waals surface area contributed by atoms with E-state index in [1.165, 1.54) is 43.5 Å². The summed E-state index contributed by atoms with van der Waals surface area (Å²) in [5.41, 5.74) is 0.308. The van der Waals surface area contributed by atoms with Crippen LogP contribution in [0.15, 0.2) is 62.8 Å². The Morgan fingerprint density at radius 2 is 1.40 bits per heavy atom. The Hall–Kier alpha value is -1.66. The number of ether oxygens (including phenoxy) is 1. The number of esters is 1. The smallest absolute Gasteiger partial charge is 0.337 e. The minimum Gasteiger partial charge on any atom is -0.465 e. The lowest BCUT2D eigenvalue weighted by atomic mass is 10.2. The van der Waals surface area contributed by atoms with Gasteiger partial charge < -0.3 is 4.74 Å². The standard InChI is InChI=1S/C14H11BrO4S/c1-19-14(16)10-2-6-12(7-3-10)20(17,18)13-8-4-11(15)5-9-13/h2-9H,1H3. The summed E-state index contributed by atoms with van der Waals surface area (Å²) in [6.07, 6.45) is 0. The van der Waals surface area contributed by atoms with Gasteiger partial charge in [-0.2, -0.15) is 0 Å². The van der Waals surface area contributed by atoms with Crippen molar-refractivity contribution >= 4 is 31.7 Å². The van der Waals surface area contributed by atoms with Crippen LogP contribution in [0.3, 0.4) is 0 Å². The van der Waals surface area contributed by atoms with Crippen LogP contribution in [0, 0.1) is 0 Å². The van der Waals surface area contributed by atoms with E-state index in [9.17, 15) is 13.2 Å². The molecule has 0 saturated carbocycles. The van der Waals surface area contributed by atoms with E-state index in [2.05, 4.69) is 20.7 Å². The molecule has 104 valence electrons. The average Bonchev–Trinajstić information content (AvgIpc) is 2.47. The summed E-state index contributed by atoms with van der Waals surface area (Å²) in [7, 11) is -2.31. The number of methoxy groups -OCH3 is 1. The minimum atomic E-state index is -3.58. The van der Waals surface area contributed by atoms with Crippen molar-refractivity contribution in [2.24, 2.45) is 0 Å². The van der Waals surface area contributed by atoms with Crippen LogP contribution < -0.4 is 0 Å². The summed E-state index contributed by atoms with van der Waals surface area (Å²) < 4.78 is 30.1. The Labute approximate surface area is 125 Å². The fourth-order valence-electron chi connectivity index (χ4n) is 1.64. The second kappa shape index (κ2) is 5.76. The van der Waals surface area contributed by atoms with Crippen LogP contribution in [0.25, 0.3) is 0 Å². The predicted octanol–water partition coefficient (Wildman–Crippen LogP) is 3.07. The van der Waals surface area contributed by atoms with Gasteiger partial charge in [-0.15, -0.1) is 0 Å². The molecule has 0 radical (unpaired) electrons. The van der Waals surface area contributed by atoms with E-state index in [1.807, 2.05) is 0 Å². The quantitative estimate of drug-likeness (QED) is 0.794. The average molecular weight is 355 g/mol. The molecule has 0 fully saturated rings. The van der Waals surface area contributed by atoms with Gasteiger partial charge in [0.05, 0.1) is 22.5 Å². The first-order valence-corrected chi connectivity index (χ1v) is 7.92. The Morgan fingerprint density at radius 1 is 0.950 bits per heavy atom. The Balaban J connectivity index is 2.40. The molecule has 4 nitrogen and oxygen atoms in total. The molecule has 0 heterocycles. The molecule has 2 aromatic rings. The van der Waals surface area contributed by atoms with Gasteiger partial charge >= 0.3 is 5.97 Å². The largest absolute Gasteiger partial charge is 0.465 e. The highest BCUT2D eigenvalue weighted by Crippen LogP contribution is 2.22. The fraction of sp³-hybridized carbons (Fsp3) is 0.0714. The lowest BCUT2D eigenvalue weighted by Crippen LogP contribution is -2.04. The van der Waals surface area contributed by atoms with Gasteiger partial charge in [0.25, 0.3) is 0 Å². The number of benzene rings is 2. The van der Waals surface area contributed by atoms with Crippen LogP contribution in [0.1, 0.15) is 10.4 Å². The Bertz CT molecular complexity index is 719. The van der Waals surface area contributed by atoms with Crippen molar-refractivity contribution in [2.75, 3.05) is 7.11 Å². The molecule has 2 aromatic carbocycles. The van der Waals surface area contributed by atoms with Crippen molar-refractivity contribution in [3.05, 3.63) is 58.6 Å². The van der Waals surface area contributed by atoms with E-state index < -0.39 is 15.8 Å². The topological polar surface area (TPSA) is 60.4 Å². The van der Waals surface area contributed by atoms with Gasteiger partial charge in [0.1, 0.15) is 0 Å². The summed E-state index contributed by atoms with van der Waals surface area (Å²) in [6, 6.07) is 12.0. The third kappa shape index (κ3) is 2.91. The highest BCUT2D eigenvalue weighted by molar-refractivity contribution is 9.10. The van der Waals surface area contributed by atoms with Gasteiger partial charge in [-0.3, -0.25) is 0 Å². The van der Waals surface area contributed by atoms with Crippen molar-refractivity contribution in [2.45, 2.75) is 9.79 Å². The first-order valence-electron chi connectivity index (χ1n) is 5.64. The second-order valence-electron chi connectivity index (χ2n) is 3.97. The van der Waals surface area contributed by atoms with E-state index in [0.717, 1.165) is 4.47 Å². The molecule has 20 heavy (non-hydrogen) atoms. The number of hydrogen-bond acceptors (Lipinski definition) is 4. The molecule has 0 aliphatic carbocycles. The van der Waals surface area contributed by atoms with Crippen molar-refractivity contribution in [1.29, 1.82) is 0 Å². The summed E-state index contributed by atoms with van der Waals surface area (Å²) >= 11 is 3.26. The monoisotopic (exact) mass is 354 g/mol. The summed E-state index contributed by atoms with van der Waals surface area (Å²) in [6.45, 7) is 0. The molecule has 0 spiro atoms. The molecule has 0 bridgehead atoms. The number of halogens is 1. The number of carbonyl (C=O) groups is 1. The summed E-state index contributed by atoms with van der Waals surface area (Å²) in [5, 5.41) is 0. The molecule has 6 heteroatoms. The van der Waals surface area contributed by atoms with Gasteiger partial charge in [0.2, 0.25) is 9.84 Å². The molecule has 0 saturated heterocycles. The molecule has 0 aliphatic rings. The predicted molar refractivity (Wildman–Crippen MR) is 77.4 cm³/mol. The number of carbonyl (C=O) groups excluding carboxylic acids is 1. The molecule has 0 amide bonds. The van der Waals surface area contributed by atoms with Gasteiger partial charge in [-0.05, 0) is 48.5 Å². The van der Waals surface area contributed by atoms with Gasteiger partial charge in [-0.1, -0.05) is 15.9 Å². The third-order valence-electron chi connectivity index (χ3n) is 2.71. The number of hydrogen-bond donors (Lipinski definition) is 0. The van der Waals surface area contributed by atoms with E-state index in [4.69, 9.17) is 0 Å². The summed E-state index contributed by atoms with van der Waals surface area (Å²) in [5.74, 6) is -0.502. The first kappa shape index (κ1) is 14.7. The highest BCUT2D eigenvalue weighted by Gasteiger charge is 2.18. The lowest BCUT2D eigenvalue weighted by Gasteiger charge is -2.05. The van der Waals surface area contributed by atoms with Crippen LogP contribution in [-0.4, -0.2) is 21.5 Å². The van der Waals surface area contributed by atoms with Crippen LogP contribution >= 0.6 is 15.9 Å². The van der Waals surface area contributed by atoms with Crippen molar-refractivity contribution in [3.63, 3.8) is 0 Å². The van der Waals surface area contributed by atoms with E-state index in [0.29, 0.717) is 5.56 Å². The Kier molecular flexibility index (Phi) is 4.25. The molecule has 0 unspecified atom stereocenters. The number of sulfone groups is 1. The van der Waals surface area contributed by atoms with Crippen molar-refractivity contribution < 1.29 is 17.9 Å².